The first kappa shape index (κ1) is 25.2. The van der Waals surface area contributed by atoms with Gasteiger partial charge < -0.3 is 14.4 Å². The van der Waals surface area contributed by atoms with Gasteiger partial charge in [-0.2, -0.15) is 10.2 Å². The number of methoxy groups -OCH3 is 1. The number of nitrogens with zero attached hydrogens (tertiary/aromatic N) is 4. The molecule has 0 bridgehead atoms. The van der Waals surface area contributed by atoms with Crippen LogP contribution < -0.4 is 4.74 Å². The normalized spacial score (nSPS) is 22.1. The van der Waals surface area contributed by atoms with Gasteiger partial charge in [0.05, 0.1) is 43.4 Å². The van der Waals surface area contributed by atoms with Crippen molar-refractivity contribution in [2.75, 3.05) is 46.5 Å². The van der Waals surface area contributed by atoms with E-state index in [1.807, 2.05) is 30.5 Å². The van der Waals surface area contributed by atoms with E-state index < -0.39 is 9.84 Å². The Hall–Kier alpha value is -2.47. The Morgan fingerprint density at radius 3 is 2.61 bits per heavy atom. The van der Waals surface area contributed by atoms with Gasteiger partial charge in [0.15, 0.2) is 15.5 Å². The summed E-state index contributed by atoms with van der Waals surface area (Å²) < 4.78 is 39.7. The Morgan fingerprint density at radius 2 is 1.92 bits per heavy atom. The molecule has 2 saturated heterocycles. The summed E-state index contributed by atoms with van der Waals surface area (Å²) in [5.41, 5.74) is 1.53. The molecule has 11 heteroatoms. The lowest BCUT2D eigenvalue weighted by molar-refractivity contribution is -0.240. The van der Waals surface area contributed by atoms with Crippen LogP contribution in [0.4, 0.5) is 0 Å². The summed E-state index contributed by atoms with van der Waals surface area (Å²) in [6, 6.07) is 5.13. The van der Waals surface area contributed by atoms with Crippen LogP contribution >= 0.6 is 0 Å². The zero-order valence-corrected chi connectivity index (χ0v) is 22.1. The topological polar surface area (TPSA) is 103 Å². The van der Waals surface area contributed by atoms with Gasteiger partial charge in [0.1, 0.15) is 10.6 Å². The van der Waals surface area contributed by atoms with Crippen LogP contribution in [0.25, 0.3) is 11.3 Å². The molecule has 0 radical (unpaired) electrons. The SMILES string of the molecule is COc1cccc2c1S(=O)(=O)Cc1c(C(=O)N3CCOCC3)nn(C3CCCN(OC(C)(C)C)C3)c1-2. The molecule has 1 atom stereocenters. The van der Waals surface area contributed by atoms with Crippen LogP contribution in [0, 0.1) is 0 Å². The molecule has 3 aliphatic heterocycles. The van der Waals surface area contributed by atoms with Crippen LogP contribution in [-0.2, 0) is 25.2 Å². The second-order valence-corrected chi connectivity index (χ2v) is 12.4. The average Bonchev–Trinajstić information content (AvgIpc) is 3.21. The molecule has 0 aliphatic carbocycles. The van der Waals surface area contributed by atoms with E-state index in [4.69, 9.17) is 19.4 Å². The van der Waals surface area contributed by atoms with Crippen molar-refractivity contribution in [3.63, 3.8) is 0 Å². The van der Waals surface area contributed by atoms with E-state index in [9.17, 15) is 13.2 Å². The van der Waals surface area contributed by atoms with Crippen molar-refractivity contribution in [2.45, 2.75) is 55.9 Å². The molecular weight excluding hydrogens is 484 g/mol. The molecule has 1 aromatic carbocycles. The number of sulfone groups is 1. The number of hydrogen-bond donors (Lipinski definition) is 0. The van der Waals surface area contributed by atoms with E-state index in [1.54, 1.807) is 23.1 Å². The Balaban J connectivity index is 1.64. The fraction of sp³-hybridized carbons (Fsp3) is 0.600. The standard InChI is InChI=1S/C25H34N4O6S/c1-25(2,3)35-28-10-6-7-17(15-28)29-22-18-8-5-9-20(33-4)23(18)36(31,32)16-19(22)21(26-29)24(30)27-11-13-34-14-12-27/h5,8-9,17H,6-7,10-16H2,1-4H3. The number of aromatic nitrogens is 2. The minimum atomic E-state index is -3.75. The summed E-state index contributed by atoms with van der Waals surface area (Å²) >= 11 is 0. The molecule has 0 spiro atoms. The summed E-state index contributed by atoms with van der Waals surface area (Å²) in [7, 11) is -2.28. The fourth-order valence-corrected chi connectivity index (χ4v) is 7.04. The number of benzene rings is 1. The number of piperidine rings is 1. The number of hydrogen-bond acceptors (Lipinski definition) is 8. The number of hydroxylamine groups is 2. The van der Waals surface area contributed by atoms with Crippen LogP contribution in [-0.4, -0.2) is 86.2 Å². The molecule has 1 amide bonds. The first-order valence-electron chi connectivity index (χ1n) is 12.4. The predicted octanol–water partition coefficient (Wildman–Crippen LogP) is 2.69. The van der Waals surface area contributed by atoms with Crippen molar-refractivity contribution in [2.24, 2.45) is 0 Å². The molecule has 2 aromatic rings. The minimum absolute atomic E-state index is 0.0825. The van der Waals surface area contributed by atoms with Crippen LogP contribution in [0.2, 0.25) is 0 Å². The maximum Gasteiger partial charge on any atom is 0.274 e. The van der Waals surface area contributed by atoms with Gasteiger partial charge in [0, 0.05) is 37.3 Å². The van der Waals surface area contributed by atoms with Gasteiger partial charge in [-0.1, -0.05) is 12.1 Å². The lowest BCUT2D eigenvalue weighted by atomic mass is 10.0. The molecule has 4 heterocycles. The van der Waals surface area contributed by atoms with Gasteiger partial charge in [-0.05, 0) is 39.7 Å². The Bertz CT molecular complexity index is 1260. The lowest BCUT2D eigenvalue weighted by Gasteiger charge is -2.37. The first-order chi connectivity index (χ1) is 17.1. The second-order valence-electron chi connectivity index (χ2n) is 10.5. The molecule has 1 aromatic heterocycles. The first-order valence-corrected chi connectivity index (χ1v) is 14.1. The van der Waals surface area contributed by atoms with Crippen LogP contribution in [0.3, 0.4) is 0 Å². The average molecular weight is 519 g/mol. The molecular formula is C25H34N4O6S. The highest BCUT2D eigenvalue weighted by Gasteiger charge is 2.40. The van der Waals surface area contributed by atoms with Gasteiger partial charge in [-0.15, -0.1) is 0 Å². The molecule has 0 N–H and O–H groups in total. The monoisotopic (exact) mass is 518 g/mol. The zero-order chi connectivity index (χ0) is 25.7. The zero-order valence-electron chi connectivity index (χ0n) is 21.3. The molecule has 36 heavy (non-hydrogen) atoms. The van der Waals surface area contributed by atoms with E-state index >= 15 is 0 Å². The van der Waals surface area contributed by atoms with Crippen LogP contribution in [0.5, 0.6) is 5.75 Å². The van der Waals surface area contributed by atoms with E-state index in [2.05, 4.69) is 0 Å². The molecule has 3 aliphatic rings. The minimum Gasteiger partial charge on any atom is -0.495 e. The van der Waals surface area contributed by atoms with Crippen molar-refractivity contribution in [3.05, 3.63) is 29.5 Å². The van der Waals surface area contributed by atoms with Gasteiger partial charge in [0.2, 0.25) is 0 Å². The van der Waals surface area contributed by atoms with Crippen molar-refractivity contribution in [3.8, 4) is 17.0 Å². The number of ether oxygens (including phenoxy) is 2. The van der Waals surface area contributed by atoms with E-state index in [1.165, 1.54) is 7.11 Å². The third kappa shape index (κ3) is 4.65. The number of carbonyl (C=O) groups is 1. The second kappa shape index (κ2) is 9.44. The largest absolute Gasteiger partial charge is 0.495 e. The highest BCUT2D eigenvalue weighted by Crippen LogP contribution is 2.45. The Kier molecular flexibility index (Phi) is 6.61. The summed E-state index contributed by atoms with van der Waals surface area (Å²) in [6.07, 6.45) is 1.74. The number of fused-ring (bicyclic) bond motifs is 3. The van der Waals surface area contributed by atoms with E-state index in [-0.39, 0.29) is 33.9 Å². The van der Waals surface area contributed by atoms with Gasteiger partial charge >= 0.3 is 0 Å². The van der Waals surface area contributed by atoms with E-state index in [0.29, 0.717) is 55.4 Å². The highest BCUT2D eigenvalue weighted by atomic mass is 32.2. The molecule has 0 saturated carbocycles. The fourth-order valence-electron chi connectivity index (χ4n) is 5.28. The number of amides is 1. The van der Waals surface area contributed by atoms with Crippen LogP contribution in [0.1, 0.15) is 55.7 Å². The Labute approximate surface area is 212 Å². The van der Waals surface area contributed by atoms with Gasteiger partial charge in [-0.25, -0.2) is 8.42 Å². The lowest BCUT2D eigenvalue weighted by Crippen LogP contribution is -2.42. The maximum atomic E-state index is 13.6. The summed E-state index contributed by atoms with van der Waals surface area (Å²) in [5.74, 6) is -0.252. The molecule has 5 rings (SSSR count). The third-order valence-corrected chi connectivity index (χ3v) is 8.43. The number of rotatable bonds is 4. The van der Waals surface area contributed by atoms with Crippen molar-refractivity contribution in [1.82, 2.24) is 19.7 Å². The van der Waals surface area contributed by atoms with E-state index in [0.717, 1.165) is 19.4 Å². The smallest absolute Gasteiger partial charge is 0.274 e. The Morgan fingerprint density at radius 1 is 1.17 bits per heavy atom. The van der Waals surface area contributed by atoms with Crippen molar-refractivity contribution < 1.29 is 27.5 Å². The molecule has 1 unspecified atom stereocenters. The summed E-state index contributed by atoms with van der Waals surface area (Å²) in [4.78, 5) is 21.6. The van der Waals surface area contributed by atoms with Crippen molar-refractivity contribution >= 4 is 15.7 Å². The quantitative estimate of drug-likeness (QED) is 0.609. The van der Waals surface area contributed by atoms with Gasteiger partial charge in [0.25, 0.3) is 5.91 Å². The predicted molar refractivity (Wildman–Crippen MR) is 133 cm³/mol. The van der Waals surface area contributed by atoms with Crippen LogP contribution in [0.15, 0.2) is 23.1 Å². The van der Waals surface area contributed by atoms with Crippen molar-refractivity contribution in [1.29, 1.82) is 0 Å². The highest BCUT2D eigenvalue weighted by molar-refractivity contribution is 7.91. The molecule has 2 fully saturated rings. The third-order valence-electron chi connectivity index (χ3n) is 6.72. The van der Waals surface area contributed by atoms with Gasteiger partial charge in [-0.3, -0.25) is 14.3 Å². The summed E-state index contributed by atoms with van der Waals surface area (Å²) in [5, 5.41) is 6.79. The summed E-state index contributed by atoms with van der Waals surface area (Å²) in [6.45, 7) is 9.24. The number of carbonyl (C=O) groups excluding carboxylic acids is 1. The molecule has 10 nitrogen and oxygen atoms in total. The molecule has 196 valence electrons. The maximum absolute atomic E-state index is 13.6. The number of morpholine rings is 1.